The molecule has 0 aromatic rings. The number of amides is 1. The molecule has 1 amide bonds. The Kier molecular flexibility index (Phi) is 9.33. The van der Waals surface area contributed by atoms with Crippen molar-refractivity contribution in [1.82, 2.24) is 15.5 Å². The Bertz CT molecular complexity index is 425. The summed E-state index contributed by atoms with van der Waals surface area (Å²) in [7, 11) is 0. The molecule has 2 unspecified atom stereocenters. The zero-order valence-corrected chi connectivity index (χ0v) is 17.6. The Balaban J connectivity index is 0.00000288. The van der Waals surface area contributed by atoms with Crippen LogP contribution >= 0.6 is 24.0 Å². The Morgan fingerprint density at radius 3 is 2.79 bits per heavy atom. The second kappa shape index (κ2) is 10.4. The molecule has 140 valence electrons. The number of hydrogen-bond acceptors (Lipinski definition) is 3. The van der Waals surface area contributed by atoms with Crippen molar-refractivity contribution < 1.29 is 9.53 Å². The van der Waals surface area contributed by atoms with E-state index in [0.29, 0.717) is 18.4 Å². The second-order valence-corrected chi connectivity index (χ2v) is 6.84. The highest BCUT2D eigenvalue weighted by molar-refractivity contribution is 14.0. The smallest absolute Gasteiger partial charge is 0.222 e. The van der Waals surface area contributed by atoms with Gasteiger partial charge in [0.05, 0.1) is 13.2 Å². The fourth-order valence-electron chi connectivity index (χ4n) is 3.23. The number of rotatable bonds is 6. The molecule has 2 N–H and O–H groups in total. The third kappa shape index (κ3) is 6.06. The van der Waals surface area contributed by atoms with E-state index in [1.807, 2.05) is 6.92 Å². The molecule has 0 bridgehead atoms. The summed E-state index contributed by atoms with van der Waals surface area (Å²) in [5.74, 6) is 1.02. The number of carbonyl (C=O) groups is 1. The van der Waals surface area contributed by atoms with Gasteiger partial charge in [-0.1, -0.05) is 6.92 Å². The van der Waals surface area contributed by atoms with Crippen LogP contribution in [0.4, 0.5) is 0 Å². The van der Waals surface area contributed by atoms with E-state index in [9.17, 15) is 4.79 Å². The molecular weight excluding hydrogens is 419 g/mol. The molecular formula is C17H33IN4O2. The van der Waals surface area contributed by atoms with Gasteiger partial charge in [-0.05, 0) is 33.1 Å². The molecule has 0 aromatic heterocycles. The molecule has 2 aliphatic rings. The molecule has 2 aliphatic heterocycles. The van der Waals surface area contributed by atoms with Crippen molar-refractivity contribution in [1.29, 1.82) is 0 Å². The van der Waals surface area contributed by atoms with Gasteiger partial charge in [-0.2, -0.15) is 0 Å². The maximum Gasteiger partial charge on any atom is 0.222 e. The predicted molar refractivity (Wildman–Crippen MR) is 108 cm³/mol. The molecule has 2 heterocycles. The first-order valence-corrected chi connectivity index (χ1v) is 8.99. The van der Waals surface area contributed by atoms with Crippen LogP contribution < -0.4 is 10.6 Å². The Morgan fingerprint density at radius 1 is 1.38 bits per heavy atom. The number of nitrogens with one attached hydrogen (secondary N) is 2. The molecule has 0 aromatic carbocycles. The number of nitrogens with zero attached hydrogens (tertiary/aromatic N) is 2. The molecule has 2 fully saturated rings. The predicted octanol–water partition coefficient (Wildman–Crippen LogP) is 1.99. The lowest BCUT2D eigenvalue weighted by Gasteiger charge is -2.25. The summed E-state index contributed by atoms with van der Waals surface area (Å²) in [5.41, 5.74) is 0.324. The monoisotopic (exact) mass is 452 g/mol. The van der Waals surface area contributed by atoms with Crippen LogP contribution in [-0.4, -0.2) is 62.2 Å². The maximum absolute atomic E-state index is 11.8. The first-order chi connectivity index (χ1) is 11.1. The van der Waals surface area contributed by atoms with Gasteiger partial charge in [0.25, 0.3) is 0 Å². The van der Waals surface area contributed by atoms with Gasteiger partial charge in [0.15, 0.2) is 5.96 Å². The Morgan fingerprint density at radius 2 is 2.17 bits per heavy atom. The van der Waals surface area contributed by atoms with Crippen LogP contribution in [0.1, 0.15) is 46.5 Å². The van der Waals surface area contributed by atoms with Crippen LogP contribution in [0, 0.1) is 5.41 Å². The minimum Gasteiger partial charge on any atom is -0.381 e. The number of carbonyl (C=O) groups excluding carboxylic acids is 1. The van der Waals surface area contributed by atoms with Crippen molar-refractivity contribution in [3.8, 4) is 0 Å². The first-order valence-electron chi connectivity index (χ1n) is 8.99. The third-order valence-corrected chi connectivity index (χ3v) is 4.88. The number of halogens is 1. The Labute approximate surface area is 163 Å². The van der Waals surface area contributed by atoms with E-state index < -0.39 is 0 Å². The normalized spacial score (nSPS) is 24.8. The van der Waals surface area contributed by atoms with Gasteiger partial charge in [-0.15, -0.1) is 24.0 Å². The van der Waals surface area contributed by atoms with Crippen LogP contribution in [0.2, 0.25) is 0 Å². The largest absolute Gasteiger partial charge is 0.381 e. The molecule has 2 rings (SSSR count). The summed E-state index contributed by atoms with van der Waals surface area (Å²) >= 11 is 0. The quantitative estimate of drug-likeness (QED) is 0.368. The van der Waals surface area contributed by atoms with Crippen LogP contribution in [0.15, 0.2) is 4.99 Å². The highest BCUT2D eigenvalue weighted by Gasteiger charge is 2.42. The van der Waals surface area contributed by atoms with E-state index in [-0.39, 0.29) is 35.9 Å². The van der Waals surface area contributed by atoms with E-state index >= 15 is 0 Å². The van der Waals surface area contributed by atoms with E-state index in [1.165, 1.54) is 6.42 Å². The number of hydrogen-bond donors (Lipinski definition) is 2. The standard InChI is InChI=1S/C17H32N4O2.HI/c1-4-14(3)20-15(22)6-9-19-16(18-5-2)21-10-7-17(12-21)8-11-23-13-17;/h14H,4-13H2,1-3H3,(H,18,19)(H,20,22);1H. The van der Waals surface area contributed by atoms with Gasteiger partial charge < -0.3 is 20.3 Å². The summed E-state index contributed by atoms with van der Waals surface area (Å²) < 4.78 is 5.59. The molecule has 0 aliphatic carbocycles. The number of guanidine groups is 1. The summed E-state index contributed by atoms with van der Waals surface area (Å²) in [4.78, 5) is 18.8. The summed E-state index contributed by atoms with van der Waals surface area (Å²) in [5, 5.41) is 6.35. The van der Waals surface area contributed by atoms with Crippen molar-refractivity contribution in [3.05, 3.63) is 0 Å². The highest BCUT2D eigenvalue weighted by atomic mass is 127. The van der Waals surface area contributed by atoms with Crippen molar-refractivity contribution >= 4 is 35.8 Å². The first kappa shape index (κ1) is 21.5. The average Bonchev–Trinajstić information content (AvgIpc) is 3.17. The number of likely N-dealkylation sites (tertiary alicyclic amines) is 1. The lowest BCUT2D eigenvalue weighted by molar-refractivity contribution is -0.121. The van der Waals surface area contributed by atoms with Crippen molar-refractivity contribution in [2.45, 2.75) is 52.5 Å². The zero-order valence-electron chi connectivity index (χ0n) is 15.3. The van der Waals surface area contributed by atoms with E-state index in [2.05, 4.69) is 34.4 Å². The highest BCUT2D eigenvalue weighted by Crippen LogP contribution is 2.38. The van der Waals surface area contributed by atoms with Crippen LogP contribution in [-0.2, 0) is 9.53 Å². The second-order valence-electron chi connectivity index (χ2n) is 6.84. The number of ether oxygens (including phenoxy) is 1. The molecule has 2 atom stereocenters. The van der Waals surface area contributed by atoms with Crippen LogP contribution in [0.5, 0.6) is 0 Å². The van der Waals surface area contributed by atoms with Crippen molar-refractivity contribution in [2.75, 3.05) is 39.4 Å². The van der Waals surface area contributed by atoms with Crippen molar-refractivity contribution in [2.24, 2.45) is 10.4 Å². The fraction of sp³-hybridized carbons (Fsp3) is 0.882. The lowest BCUT2D eigenvalue weighted by atomic mass is 9.87. The van der Waals surface area contributed by atoms with Gasteiger partial charge in [0.2, 0.25) is 5.91 Å². The molecule has 6 nitrogen and oxygen atoms in total. The van der Waals surface area contributed by atoms with Crippen molar-refractivity contribution in [3.63, 3.8) is 0 Å². The summed E-state index contributed by atoms with van der Waals surface area (Å²) in [6.07, 6.45) is 3.73. The molecule has 0 radical (unpaired) electrons. The van der Waals surface area contributed by atoms with E-state index in [0.717, 1.165) is 51.6 Å². The number of aliphatic imine (C=N–C) groups is 1. The minimum absolute atomic E-state index is 0. The minimum atomic E-state index is 0. The maximum atomic E-state index is 11.8. The summed E-state index contributed by atoms with van der Waals surface area (Å²) in [6.45, 7) is 11.3. The SMILES string of the molecule is CCNC(=NCCC(=O)NC(C)CC)N1CCC2(CCOC2)C1.I. The van der Waals surface area contributed by atoms with Gasteiger partial charge >= 0.3 is 0 Å². The van der Waals surface area contributed by atoms with Crippen LogP contribution in [0.25, 0.3) is 0 Å². The fourth-order valence-corrected chi connectivity index (χ4v) is 3.23. The van der Waals surface area contributed by atoms with E-state index in [1.54, 1.807) is 0 Å². The average molecular weight is 452 g/mol. The van der Waals surface area contributed by atoms with E-state index in [4.69, 9.17) is 4.74 Å². The van der Waals surface area contributed by atoms with Gasteiger partial charge in [0, 0.05) is 44.1 Å². The topological polar surface area (TPSA) is 66.0 Å². The molecule has 1 spiro atoms. The van der Waals surface area contributed by atoms with Gasteiger partial charge in [-0.25, -0.2) is 0 Å². The molecule has 24 heavy (non-hydrogen) atoms. The molecule has 2 saturated heterocycles. The Hall–Kier alpha value is -0.570. The van der Waals surface area contributed by atoms with Gasteiger partial charge in [0.1, 0.15) is 0 Å². The lowest BCUT2D eigenvalue weighted by Crippen LogP contribution is -2.41. The molecule has 7 heteroatoms. The third-order valence-electron chi connectivity index (χ3n) is 4.88. The van der Waals surface area contributed by atoms with Crippen LogP contribution in [0.3, 0.4) is 0 Å². The van der Waals surface area contributed by atoms with Gasteiger partial charge in [-0.3, -0.25) is 9.79 Å². The zero-order chi connectivity index (χ0) is 16.7. The summed E-state index contributed by atoms with van der Waals surface area (Å²) in [6, 6.07) is 0.237. The molecule has 0 saturated carbocycles.